The quantitative estimate of drug-likeness (QED) is 0.580. The molecule has 1 saturated heterocycles. The van der Waals surface area contributed by atoms with Gasteiger partial charge in [0.2, 0.25) is 23.5 Å². The van der Waals surface area contributed by atoms with Gasteiger partial charge in [0.15, 0.2) is 0 Å². The third-order valence-electron chi connectivity index (χ3n) is 5.32. The van der Waals surface area contributed by atoms with Gasteiger partial charge in [-0.05, 0) is 49.2 Å². The molecule has 9 nitrogen and oxygen atoms in total. The smallest absolute Gasteiger partial charge is 0.227 e. The Morgan fingerprint density at radius 2 is 2.03 bits per heavy atom. The largest absolute Gasteiger partial charge is 0.369 e. The van der Waals surface area contributed by atoms with Crippen LogP contribution in [0.5, 0.6) is 0 Å². The highest BCUT2D eigenvalue weighted by atomic mass is 19.1. The molecular formula is C22H23FN6O3. The molecule has 1 unspecified atom stereocenters. The van der Waals surface area contributed by atoms with Crippen molar-refractivity contribution in [1.29, 1.82) is 0 Å². The molecule has 32 heavy (non-hydrogen) atoms. The number of aromatic nitrogens is 3. The highest BCUT2D eigenvalue weighted by Crippen LogP contribution is 2.22. The van der Waals surface area contributed by atoms with Crippen molar-refractivity contribution in [3.8, 4) is 11.4 Å². The second kappa shape index (κ2) is 9.54. The topological polar surface area (TPSA) is 127 Å². The van der Waals surface area contributed by atoms with Gasteiger partial charge in [-0.1, -0.05) is 5.16 Å². The Hall–Kier alpha value is -3.82. The Balaban J connectivity index is 1.28. The summed E-state index contributed by atoms with van der Waals surface area (Å²) in [6.07, 6.45) is 3.69. The van der Waals surface area contributed by atoms with E-state index in [4.69, 9.17) is 10.3 Å². The summed E-state index contributed by atoms with van der Waals surface area (Å²) in [7, 11) is 0. The number of nitrogens with one attached hydrogen (secondary N) is 1. The van der Waals surface area contributed by atoms with Crippen molar-refractivity contribution in [2.45, 2.75) is 25.7 Å². The second-order valence-corrected chi connectivity index (χ2v) is 7.66. The van der Waals surface area contributed by atoms with Crippen LogP contribution in [-0.2, 0) is 16.0 Å². The number of carbonyl (C=O) groups excluding carboxylic acids is 2. The van der Waals surface area contributed by atoms with E-state index in [1.54, 1.807) is 24.4 Å². The van der Waals surface area contributed by atoms with Crippen LogP contribution in [0.15, 0.2) is 47.1 Å². The minimum atomic E-state index is -0.345. The van der Waals surface area contributed by atoms with Crippen LogP contribution in [0.4, 0.5) is 15.9 Å². The van der Waals surface area contributed by atoms with Crippen molar-refractivity contribution in [2.75, 3.05) is 23.3 Å². The maximum absolute atomic E-state index is 13.0. The van der Waals surface area contributed by atoms with Gasteiger partial charge in [-0.25, -0.2) is 9.37 Å². The lowest BCUT2D eigenvalue weighted by atomic mass is 9.97. The average molecular weight is 438 g/mol. The molecule has 0 spiro atoms. The molecule has 0 radical (unpaired) electrons. The summed E-state index contributed by atoms with van der Waals surface area (Å²) in [5.41, 5.74) is 6.63. The molecule has 0 aliphatic carbocycles. The van der Waals surface area contributed by atoms with Gasteiger partial charge in [0.1, 0.15) is 11.6 Å². The number of anilines is 2. The molecule has 4 rings (SSSR count). The monoisotopic (exact) mass is 438 g/mol. The number of aryl methyl sites for hydroxylation is 1. The molecule has 0 saturated carbocycles. The summed E-state index contributed by atoms with van der Waals surface area (Å²) >= 11 is 0. The predicted molar refractivity (Wildman–Crippen MR) is 115 cm³/mol. The van der Waals surface area contributed by atoms with Crippen LogP contribution >= 0.6 is 0 Å². The van der Waals surface area contributed by atoms with Gasteiger partial charge in [-0.15, -0.1) is 0 Å². The summed E-state index contributed by atoms with van der Waals surface area (Å²) < 4.78 is 18.2. The number of nitrogens with zero attached hydrogens (tertiary/aromatic N) is 4. The van der Waals surface area contributed by atoms with Crippen LogP contribution < -0.4 is 16.0 Å². The lowest BCUT2D eigenvalue weighted by Crippen LogP contribution is -2.41. The van der Waals surface area contributed by atoms with Gasteiger partial charge in [0.05, 0.1) is 17.8 Å². The minimum absolute atomic E-state index is 0.152. The molecule has 3 aromatic rings. The maximum atomic E-state index is 13.0. The Morgan fingerprint density at radius 3 is 2.75 bits per heavy atom. The molecule has 166 valence electrons. The van der Waals surface area contributed by atoms with Crippen LogP contribution in [-0.4, -0.2) is 40.0 Å². The van der Waals surface area contributed by atoms with Gasteiger partial charge in [-0.3, -0.25) is 9.59 Å². The summed E-state index contributed by atoms with van der Waals surface area (Å²) in [6, 6.07) is 9.34. The predicted octanol–water partition coefficient (Wildman–Crippen LogP) is 2.54. The standard InChI is InChI=1S/C22H23FN6O3/c23-16-5-3-14(4-6-16)22-27-20(32-28-22)10-9-19(30)26-17-7-8-18(25-12-17)29-11-1-2-15(13-29)21(24)31/h3-8,12,15H,1-2,9-11,13H2,(H2,24,31)(H,26,30). The van der Waals surface area contributed by atoms with E-state index in [1.807, 2.05) is 11.0 Å². The van der Waals surface area contributed by atoms with E-state index in [-0.39, 0.29) is 36.4 Å². The third kappa shape index (κ3) is 5.26. The number of rotatable bonds is 7. The van der Waals surface area contributed by atoms with E-state index in [2.05, 4.69) is 20.4 Å². The van der Waals surface area contributed by atoms with Crippen molar-refractivity contribution >= 4 is 23.3 Å². The van der Waals surface area contributed by atoms with Crippen molar-refractivity contribution in [2.24, 2.45) is 11.7 Å². The Morgan fingerprint density at radius 1 is 1.22 bits per heavy atom. The summed E-state index contributed by atoms with van der Waals surface area (Å²) in [6.45, 7) is 1.37. The highest BCUT2D eigenvalue weighted by molar-refractivity contribution is 5.90. The molecule has 2 aromatic heterocycles. The molecule has 1 aliphatic rings. The zero-order valence-electron chi connectivity index (χ0n) is 17.3. The maximum Gasteiger partial charge on any atom is 0.227 e. The summed E-state index contributed by atoms with van der Waals surface area (Å²) in [4.78, 5) is 34.4. The van der Waals surface area contributed by atoms with Crippen LogP contribution in [0, 0.1) is 11.7 Å². The van der Waals surface area contributed by atoms with Gasteiger partial charge < -0.3 is 20.5 Å². The Labute approximate surface area is 183 Å². The third-order valence-corrected chi connectivity index (χ3v) is 5.32. The van der Waals surface area contributed by atoms with Crippen LogP contribution in [0.1, 0.15) is 25.2 Å². The van der Waals surface area contributed by atoms with E-state index in [0.29, 0.717) is 29.5 Å². The number of hydrogen-bond acceptors (Lipinski definition) is 7. The van der Waals surface area contributed by atoms with E-state index >= 15 is 0 Å². The van der Waals surface area contributed by atoms with E-state index in [0.717, 1.165) is 25.2 Å². The molecule has 2 amide bonds. The average Bonchev–Trinajstić information content (AvgIpc) is 3.28. The number of carbonyl (C=O) groups is 2. The van der Waals surface area contributed by atoms with Crippen molar-refractivity contribution in [3.63, 3.8) is 0 Å². The van der Waals surface area contributed by atoms with Crippen molar-refractivity contribution in [1.82, 2.24) is 15.1 Å². The normalized spacial score (nSPS) is 16.0. The molecule has 1 atom stereocenters. The van der Waals surface area contributed by atoms with Gasteiger partial charge in [0, 0.05) is 31.5 Å². The lowest BCUT2D eigenvalue weighted by molar-refractivity contribution is -0.122. The number of pyridine rings is 1. The first kappa shape index (κ1) is 21.4. The molecule has 3 N–H and O–H groups in total. The minimum Gasteiger partial charge on any atom is -0.369 e. The van der Waals surface area contributed by atoms with Gasteiger partial charge in [0.25, 0.3) is 0 Å². The van der Waals surface area contributed by atoms with Gasteiger partial charge in [-0.2, -0.15) is 4.98 Å². The Bertz CT molecular complexity index is 1080. The number of nitrogens with two attached hydrogens (primary N) is 1. The molecule has 1 fully saturated rings. The summed E-state index contributed by atoms with van der Waals surface area (Å²) in [5, 5.41) is 6.65. The number of benzene rings is 1. The van der Waals surface area contributed by atoms with Crippen LogP contribution in [0.2, 0.25) is 0 Å². The summed E-state index contributed by atoms with van der Waals surface area (Å²) in [5.74, 6) is 0.393. The van der Waals surface area contributed by atoms with Crippen molar-refractivity contribution < 1.29 is 18.5 Å². The lowest BCUT2D eigenvalue weighted by Gasteiger charge is -2.32. The number of halogens is 1. The number of amides is 2. The number of hydrogen-bond donors (Lipinski definition) is 2. The van der Waals surface area contributed by atoms with E-state index < -0.39 is 0 Å². The van der Waals surface area contributed by atoms with Crippen LogP contribution in [0.3, 0.4) is 0 Å². The fourth-order valence-electron chi connectivity index (χ4n) is 3.58. The zero-order chi connectivity index (χ0) is 22.5. The highest BCUT2D eigenvalue weighted by Gasteiger charge is 2.24. The number of primary amides is 1. The van der Waals surface area contributed by atoms with Crippen molar-refractivity contribution in [3.05, 3.63) is 54.3 Å². The molecule has 0 bridgehead atoms. The fraction of sp³-hybridized carbons (Fsp3) is 0.318. The molecule has 10 heteroatoms. The van der Waals surface area contributed by atoms with E-state index in [1.165, 1.54) is 12.1 Å². The fourth-order valence-corrected chi connectivity index (χ4v) is 3.58. The zero-order valence-corrected chi connectivity index (χ0v) is 17.3. The van der Waals surface area contributed by atoms with E-state index in [9.17, 15) is 14.0 Å². The van der Waals surface area contributed by atoms with Gasteiger partial charge >= 0.3 is 0 Å². The van der Waals surface area contributed by atoms with Crippen LogP contribution in [0.25, 0.3) is 11.4 Å². The first-order chi connectivity index (χ1) is 15.5. The first-order valence-electron chi connectivity index (χ1n) is 10.4. The first-order valence-corrected chi connectivity index (χ1v) is 10.4. The molecular weight excluding hydrogens is 415 g/mol. The molecule has 1 aromatic carbocycles. The molecule has 3 heterocycles. The number of piperidine rings is 1. The Kier molecular flexibility index (Phi) is 6.39. The second-order valence-electron chi connectivity index (χ2n) is 7.66. The SMILES string of the molecule is NC(=O)C1CCCN(c2ccc(NC(=O)CCc3nc(-c4ccc(F)cc4)no3)cn2)C1. The molecule has 1 aliphatic heterocycles.